The SMILES string of the molecule is CC(=O)N[C@H]1[C@H]([C@H](O)[C@H](O)CO)OC(C(=O)O)=C[C@@H]1N=[13C]([15NH2])[15NH2]. The van der Waals surface area contributed by atoms with Crippen LogP contribution in [0.3, 0.4) is 0 Å². The van der Waals surface area contributed by atoms with Crippen LogP contribution >= 0.6 is 0 Å². The minimum atomic E-state index is -1.70. The molecule has 0 fully saturated rings. The van der Waals surface area contributed by atoms with Gasteiger partial charge >= 0.3 is 5.97 Å². The van der Waals surface area contributed by atoms with E-state index >= 15 is 0 Å². The molecule has 0 aromatic heterocycles. The van der Waals surface area contributed by atoms with Gasteiger partial charge in [0.1, 0.15) is 18.3 Å². The fraction of sp³-hybridized carbons (Fsp3) is 0.583. The van der Waals surface area contributed by atoms with Gasteiger partial charge in [-0.3, -0.25) is 4.79 Å². The van der Waals surface area contributed by atoms with Gasteiger partial charge in [0.05, 0.1) is 18.7 Å². The molecule has 0 spiro atoms. The minimum absolute atomic E-state index is 0.371. The maximum absolute atomic E-state index is 11.4. The van der Waals surface area contributed by atoms with Gasteiger partial charge in [0.25, 0.3) is 0 Å². The van der Waals surface area contributed by atoms with Crippen molar-refractivity contribution in [2.24, 2.45) is 16.5 Å². The first kappa shape index (κ1) is 18.7. The number of nitrogens with two attached hydrogens (primary N) is 2. The molecule has 11 heteroatoms. The third-order valence-corrected chi connectivity index (χ3v) is 3.10. The van der Waals surface area contributed by atoms with Gasteiger partial charge in [-0.05, 0) is 6.08 Å². The van der Waals surface area contributed by atoms with Crippen LogP contribution in [0.4, 0.5) is 0 Å². The average molecular weight is 335 g/mol. The van der Waals surface area contributed by atoms with Crippen molar-refractivity contribution in [3.8, 4) is 0 Å². The van der Waals surface area contributed by atoms with Crippen molar-refractivity contribution in [3.05, 3.63) is 11.8 Å². The Morgan fingerprint density at radius 1 is 1.43 bits per heavy atom. The van der Waals surface area contributed by atoms with E-state index in [1.54, 1.807) is 0 Å². The monoisotopic (exact) mass is 335 g/mol. The van der Waals surface area contributed by atoms with Gasteiger partial charge < -0.3 is 41.9 Å². The predicted molar refractivity (Wildman–Crippen MR) is 76.9 cm³/mol. The Morgan fingerprint density at radius 2 is 2.04 bits per heavy atom. The maximum Gasteiger partial charge on any atom is 0.370 e. The van der Waals surface area contributed by atoms with Crippen LogP contribution in [-0.2, 0) is 14.3 Å². The Bertz CT molecular complexity index is 518. The molecular weight excluding hydrogens is 315 g/mol. The first-order chi connectivity index (χ1) is 10.7. The van der Waals surface area contributed by atoms with E-state index in [4.69, 9.17) is 26.4 Å². The summed E-state index contributed by atoms with van der Waals surface area (Å²) in [5, 5.41) is 40.1. The number of hydrogen-bond acceptors (Lipinski definition) is 7. The van der Waals surface area contributed by atoms with Crippen LogP contribution in [0.5, 0.6) is 0 Å². The molecule has 5 atom stereocenters. The number of aliphatic imine (C=N–C) groups is 1. The number of aliphatic hydroxyl groups is 3. The van der Waals surface area contributed by atoms with Gasteiger partial charge in [-0.15, -0.1) is 0 Å². The van der Waals surface area contributed by atoms with Gasteiger partial charge in [-0.1, -0.05) is 0 Å². The lowest BCUT2D eigenvalue weighted by Gasteiger charge is -2.38. The molecular formula is C12H20N4O7. The van der Waals surface area contributed by atoms with E-state index in [0.717, 1.165) is 6.08 Å². The number of aliphatic carboxylic acids is 1. The zero-order valence-electron chi connectivity index (χ0n) is 12.3. The second-order valence-electron chi connectivity index (χ2n) is 4.93. The highest BCUT2D eigenvalue weighted by molar-refractivity contribution is 5.85. The van der Waals surface area contributed by atoms with Crippen molar-refractivity contribution in [2.75, 3.05) is 6.61 Å². The van der Waals surface area contributed by atoms with Gasteiger partial charge in [0.2, 0.25) is 11.7 Å². The molecule has 0 unspecified atom stereocenters. The number of nitrogens with one attached hydrogen (secondary N) is 1. The highest BCUT2D eigenvalue weighted by Crippen LogP contribution is 2.24. The summed E-state index contributed by atoms with van der Waals surface area (Å²) in [5.41, 5.74) is 10.6. The van der Waals surface area contributed by atoms with Crippen molar-refractivity contribution in [3.63, 3.8) is 0 Å². The zero-order valence-corrected chi connectivity index (χ0v) is 12.3. The summed E-state index contributed by atoms with van der Waals surface area (Å²) >= 11 is 0. The van der Waals surface area contributed by atoms with E-state index in [0.29, 0.717) is 0 Å². The largest absolute Gasteiger partial charge is 0.478 e. The van der Waals surface area contributed by atoms with E-state index in [9.17, 15) is 19.8 Å². The molecule has 0 radical (unpaired) electrons. The molecule has 0 saturated heterocycles. The lowest BCUT2D eigenvalue weighted by Crippen LogP contribution is -2.59. The van der Waals surface area contributed by atoms with E-state index < -0.39 is 54.6 Å². The molecule has 0 saturated carbocycles. The van der Waals surface area contributed by atoms with Crippen LogP contribution in [-0.4, -0.2) is 75.3 Å². The van der Waals surface area contributed by atoms with Crippen molar-refractivity contribution in [2.45, 2.75) is 37.3 Å². The normalized spacial score (nSPS) is 26.3. The summed E-state index contributed by atoms with van der Waals surface area (Å²) < 4.78 is 5.13. The Morgan fingerprint density at radius 3 is 2.48 bits per heavy atom. The van der Waals surface area contributed by atoms with Crippen molar-refractivity contribution in [1.82, 2.24) is 5.32 Å². The molecule has 0 aromatic rings. The van der Waals surface area contributed by atoms with Crippen molar-refractivity contribution >= 4 is 17.8 Å². The maximum atomic E-state index is 11.4. The lowest BCUT2D eigenvalue weighted by atomic mass is 9.92. The first-order valence-electron chi connectivity index (χ1n) is 6.62. The molecule has 0 bridgehead atoms. The Hall–Kier alpha value is -2.37. The van der Waals surface area contributed by atoms with E-state index in [1.165, 1.54) is 6.92 Å². The summed E-state index contributed by atoms with van der Waals surface area (Å²) in [4.78, 5) is 26.3. The van der Waals surface area contributed by atoms with Gasteiger partial charge in [-0.25, -0.2) is 9.79 Å². The second kappa shape index (κ2) is 7.76. The van der Waals surface area contributed by atoms with Crippen molar-refractivity contribution in [1.29, 1.82) is 0 Å². The summed E-state index contributed by atoms with van der Waals surface area (Å²) in [7, 11) is 0. The fourth-order valence-corrected chi connectivity index (χ4v) is 2.14. The molecule has 1 amide bonds. The molecule has 1 aliphatic rings. The highest BCUT2D eigenvalue weighted by atomic mass is 16.5. The summed E-state index contributed by atoms with van der Waals surface area (Å²) in [6, 6.07) is -2.11. The van der Waals surface area contributed by atoms with Crippen molar-refractivity contribution < 1.29 is 34.8 Å². The average Bonchev–Trinajstić information content (AvgIpc) is 2.45. The number of hydrogen-bond donors (Lipinski definition) is 7. The molecule has 23 heavy (non-hydrogen) atoms. The molecule has 130 valence electrons. The number of rotatable bonds is 6. The number of amides is 1. The molecule has 1 aliphatic heterocycles. The highest BCUT2D eigenvalue weighted by Gasteiger charge is 2.43. The van der Waals surface area contributed by atoms with Crippen LogP contribution < -0.4 is 16.8 Å². The van der Waals surface area contributed by atoms with Crippen LogP contribution in [0.15, 0.2) is 16.8 Å². The van der Waals surface area contributed by atoms with Crippen LogP contribution in [0.2, 0.25) is 0 Å². The molecule has 0 aromatic carbocycles. The number of carboxylic acids is 1. The number of carboxylic acid groups (broad SMARTS) is 1. The zero-order chi connectivity index (χ0) is 17.7. The molecule has 0 aliphatic carbocycles. The summed E-state index contributed by atoms with van der Waals surface area (Å²) in [6.45, 7) is 0.391. The Kier molecular flexibility index (Phi) is 6.30. The second-order valence-corrected chi connectivity index (χ2v) is 4.93. The summed E-state index contributed by atoms with van der Waals surface area (Å²) in [5.74, 6) is -2.89. The predicted octanol–water partition coefficient (Wildman–Crippen LogP) is -3.79. The molecule has 11 nitrogen and oxygen atoms in total. The quantitative estimate of drug-likeness (QED) is 0.110. The van der Waals surface area contributed by atoms with Crippen LogP contribution in [0.25, 0.3) is 0 Å². The molecule has 9 N–H and O–H groups in total. The first-order valence-corrected chi connectivity index (χ1v) is 6.62. The molecule has 1 rings (SSSR count). The van der Waals surface area contributed by atoms with Crippen LogP contribution in [0.1, 0.15) is 6.92 Å². The smallest absolute Gasteiger partial charge is 0.370 e. The van der Waals surface area contributed by atoms with Gasteiger partial charge in [0, 0.05) is 6.92 Å². The minimum Gasteiger partial charge on any atom is -0.478 e. The number of carbonyl (C=O) groups is 2. The number of guanidine groups is 1. The van der Waals surface area contributed by atoms with E-state index in [-0.39, 0.29) is 5.96 Å². The Balaban J connectivity index is 3.28. The number of nitrogens with zero attached hydrogens (tertiary/aromatic N) is 1. The third kappa shape index (κ3) is 4.81. The van der Waals surface area contributed by atoms with Gasteiger partial charge in [0.15, 0.2) is 5.96 Å². The number of aliphatic hydroxyl groups excluding tert-OH is 3. The third-order valence-electron chi connectivity index (χ3n) is 3.10. The fourth-order valence-electron chi connectivity index (χ4n) is 2.14. The number of carbonyl (C=O) groups excluding carboxylic acids is 1. The topological polar surface area (TPSA) is 201 Å². The molecule has 1 heterocycles. The van der Waals surface area contributed by atoms with Crippen LogP contribution in [0, 0.1) is 0 Å². The standard InChI is InChI=1S/C12H20N4O7/c1-4(18)15-8-5(16-12(13)14)2-7(11(21)22)23-10(8)9(20)6(19)3-17/h2,5-6,8-10,17,19-20H,3H2,1H3,(H,15,18)(H,21,22)(H4,13,14,16)/t5-,6+,8+,9+,10+/m0/s1/i12+1,13+1,14+1. The number of ether oxygens (including phenoxy) is 1. The Labute approximate surface area is 131 Å². The lowest BCUT2D eigenvalue weighted by molar-refractivity contribution is -0.145. The van der Waals surface area contributed by atoms with Gasteiger partial charge in [-0.2, -0.15) is 0 Å². The van der Waals surface area contributed by atoms with E-state index in [1.807, 2.05) is 0 Å². The summed E-state index contributed by atoms with van der Waals surface area (Å²) in [6.07, 6.45) is -3.65. The van der Waals surface area contributed by atoms with E-state index in [2.05, 4.69) is 10.3 Å².